The molecule has 0 aliphatic carbocycles. The van der Waals surface area contributed by atoms with Gasteiger partial charge in [-0.15, -0.1) is 5.92 Å². The highest BCUT2D eigenvalue weighted by atomic mass is 19.1. The van der Waals surface area contributed by atoms with Gasteiger partial charge in [0.1, 0.15) is 6.17 Å². The van der Waals surface area contributed by atoms with Gasteiger partial charge in [0.25, 0.3) is 0 Å². The first kappa shape index (κ1) is 7.56. The molecule has 10 heavy (non-hydrogen) atoms. The normalized spacial score (nSPS) is 26.0. The molecular formula is C8H12FN. The number of halogens is 1. The third-order valence-corrected chi connectivity index (χ3v) is 1.69. The summed E-state index contributed by atoms with van der Waals surface area (Å²) in [6.45, 7) is 3.99. The van der Waals surface area contributed by atoms with Crippen LogP contribution in [0.4, 0.5) is 4.39 Å². The van der Waals surface area contributed by atoms with E-state index < -0.39 is 6.17 Å². The van der Waals surface area contributed by atoms with Crippen LogP contribution in [0.2, 0.25) is 0 Å². The minimum absolute atomic E-state index is 0.578. The van der Waals surface area contributed by atoms with E-state index in [0.29, 0.717) is 13.0 Å². The number of nitrogens with zero attached hydrogens (tertiary/aromatic N) is 1. The van der Waals surface area contributed by atoms with Crippen LogP contribution in [0.5, 0.6) is 0 Å². The Bertz CT molecular complexity index is 156. The summed E-state index contributed by atoms with van der Waals surface area (Å²) in [7, 11) is 0. The molecule has 1 atom stereocenters. The lowest BCUT2D eigenvalue weighted by Crippen LogP contribution is -2.21. The Morgan fingerprint density at radius 1 is 1.70 bits per heavy atom. The van der Waals surface area contributed by atoms with Gasteiger partial charge >= 0.3 is 0 Å². The van der Waals surface area contributed by atoms with Crippen molar-refractivity contribution in [2.75, 3.05) is 19.6 Å². The smallest absolute Gasteiger partial charge is 0.114 e. The highest BCUT2D eigenvalue weighted by Gasteiger charge is 2.19. The van der Waals surface area contributed by atoms with Gasteiger partial charge < -0.3 is 0 Å². The molecule has 1 saturated heterocycles. The van der Waals surface area contributed by atoms with Gasteiger partial charge in [0.05, 0.1) is 6.54 Å². The molecule has 0 bridgehead atoms. The Labute approximate surface area is 61.2 Å². The third-order valence-electron chi connectivity index (χ3n) is 1.69. The van der Waals surface area contributed by atoms with Gasteiger partial charge in [-0.2, -0.15) is 0 Å². The molecule has 0 spiro atoms. The molecule has 1 fully saturated rings. The first-order chi connectivity index (χ1) is 4.83. The number of rotatable bonds is 1. The number of alkyl halides is 1. The predicted octanol–water partition coefficient (Wildman–Crippen LogP) is 1.05. The Morgan fingerprint density at radius 3 is 3.00 bits per heavy atom. The summed E-state index contributed by atoms with van der Waals surface area (Å²) in [5, 5.41) is 0. The van der Waals surface area contributed by atoms with E-state index in [0.717, 1.165) is 13.1 Å². The van der Waals surface area contributed by atoms with Gasteiger partial charge in [0.2, 0.25) is 0 Å². The van der Waals surface area contributed by atoms with Gasteiger partial charge in [-0.25, -0.2) is 4.39 Å². The van der Waals surface area contributed by atoms with Crippen LogP contribution in [-0.2, 0) is 0 Å². The van der Waals surface area contributed by atoms with Crippen LogP contribution < -0.4 is 0 Å². The fourth-order valence-corrected chi connectivity index (χ4v) is 1.12. The maximum Gasteiger partial charge on any atom is 0.114 e. The molecule has 1 aliphatic heterocycles. The minimum atomic E-state index is -0.612. The van der Waals surface area contributed by atoms with Crippen LogP contribution in [0.15, 0.2) is 0 Å². The second-order valence-corrected chi connectivity index (χ2v) is 2.55. The van der Waals surface area contributed by atoms with Gasteiger partial charge in [-0.05, 0) is 13.3 Å². The van der Waals surface area contributed by atoms with E-state index in [1.807, 2.05) is 11.8 Å². The van der Waals surface area contributed by atoms with Crippen LogP contribution in [0.25, 0.3) is 0 Å². The van der Waals surface area contributed by atoms with E-state index in [2.05, 4.69) is 11.8 Å². The van der Waals surface area contributed by atoms with Crippen molar-refractivity contribution >= 4 is 0 Å². The quantitative estimate of drug-likeness (QED) is 0.493. The summed E-state index contributed by atoms with van der Waals surface area (Å²) >= 11 is 0. The van der Waals surface area contributed by atoms with Crippen molar-refractivity contribution < 1.29 is 4.39 Å². The van der Waals surface area contributed by atoms with E-state index in [1.54, 1.807) is 0 Å². The summed E-state index contributed by atoms with van der Waals surface area (Å²) in [4.78, 5) is 2.04. The zero-order chi connectivity index (χ0) is 7.40. The summed E-state index contributed by atoms with van der Waals surface area (Å²) in [6.07, 6.45) is 0.0736. The summed E-state index contributed by atoms with van der Waals surface area (Å²) in [6, 6.07) is 0. The van der Waals surface area contributed by atoms with Crippen molar-refractivity contribution in [3.63, 3.8) is 0 Å². The zero-order valence-corrected chi connectivity index (χ0v) is 6.23. The van der Waals surface area contributed by atoms with E-state index in [9.17, 15) is 4.39 Å². The fraction of sp³-hybridized carbons (Fsp3) is 0.750. The average molecular weight is 141 g/mol. The molecule has 1 rings (SSSR count). The molecule has 2 heteroatoms. The minimum Gasteiger partial charge on any atom is -0.289 e. The van der Waals surface area contributed by atoms with E-state index in [4.69, 9.17) is 0 Å². The molecule has 0 saturated carbocycles. The lowest BCUT2D eigenvalue weighted by Gasteiger charge is -2.08. The molecule has 0 N–H and O–H groups in total. The molecule has 0 aromatic heterocycles. The summed E-state index contributed by atoms with van der Waals surface area (Å²) in [5.41, 5.74) is 0. The predicted molar refractivity (Wildman–Crippen MR) is 39.4 cm³/mol. The molecule has 0 aromatic rings. The fourth-order valence-electron chi connectivity index (χ4n) is 1.12. The summed E-state index contributed by atoms with van der Waals surface area (Å²) in [5.74, 6) is 5.72. The zero-order valence-electron chi connectivity index (χ0n) is 6.23. The van der Waals surface area contributed by atoms with Gasteiger partial charge in [-0.3, -0.25) is 4.90 Å². The van der Waals surface area contributed by atoms with E-state index in [-0.39, 0.29) is 0 Å². The first-order valence-electron chi connectivity index (χ1n) is 3.59. The third kappa shape index (κ3) is 2.00. The summed E-state index contributed by atoms with van der Waals surface area (Å²) < 4.78 is 12.5. The SMILES string of the molecule is CC#CCN1CCC(F)C1. The monoisotopic (exact) mass is 141 g/mol. The molecular weight excluding hydrogens is 129 g/mol. The van der Waals surface area contributed by atoms with Crippen LogP contribution in [0.1, 0.15) is 13.3 Å². The topological polar surface area (TPSA) is 3.24 Å². The number of hydrogen-bond donors (Lipinski definition) is 0. The molecule has 0 radical (unpaired) electrons. The van der Waals surface area contributed by atoms with Crippen molar-refractivity contribution in [2.24, 2.45) is 0 Å². The number of hydrogen-bond acceptors (Lipinski definition) is 1. The lowest BCUT2D eigenvalue weighted by atomic mass is 10.3. The maximum atomic E-state index is 12.5. The Morgan fingerprint density at radius 2 is 2.50 bits per heavy atom. The van der Waals surface area contributed by atoms with Crippen LogP contribution in [0, 0.1) is 11.8 Å². The first-order valence-corrected chi connectivity index (χ1v) is 3.59. The Balaban J connectivity index is 2.22. The maximum absolute atomic E-state index is 12.5. The van der Waals surface area contributed by atoms with Crippen molar-refractivity contribution in [1.82, 2.24) is 4.90 Å². The number of likely N-dealkylation sites (tertiary alicyclic amines) is 1. The van der Waals surface area contributed by atoms with Crippen molar-refractivity contribution in [1.29, 1.82) is 0 Å². The largest absolute Gasteiger partial charge is 0.289 e. The highest BCUT2D eigenvalue weighted by molar-refractivity contribution is 4.98. The second kappa shape index (κ2) is 3.58. The molecule has 0 aromatic carbocycles. The molecule has 1 heterocycles. The van der Waals surface area contributed by atoms with Crippen molar-refractivity contribution in [3.8, 4) is 11.8 Å². The van der Waals surface area contributed by atoms with Crippen molar-refractivity contribution in [3.05, 3.63) is 0 Å². The average Bonchev–Trinajstić information content (AvgIpc) is 2.31. The van der Waals surface area contributed by atoms with Crippen LogP contribution in [0.3, 0.4) is 0 Å². The lowest BCUT2D eigenvalue weighted by molar-refractivity contribution is 0.308. The van der Waals surface area contributed by atoms with Gasteiger partial charge in [-0.1, -0.05) is 5.92 Å². The van der Waals surface area contributed by atoms with E-state index >= 15 is 0 Å². The van der Waals surface area contributed by atoms with Gasteiger partial charge in [0, 0.05) is 13.1 Å². The second-order valence-electron chi connectivity index (χ2n) is 2.55. The van der Waals surface area contributed by atoms with Crippen LogP contribution in [-0.4, -0.2) is 30.7 Å². The molecule has 1 nitrogen and oxygen atoms in total. The Hall–Kier alpha value is -0.550. The highest BCUT2D eigenvalue weighted by Crippen LogP contribution is 2.10. The molecule has 1 aliphatic rings. The standard InChI is InChI=1S/C8H12FN/c1-2-3-5-10-6-4-8(9)7-10/h8H,4-7H2,1H3. The molecule has 0 amide bonds. The van der Waals surface area contributed by atoms with Crippen LogP contribution >= 0.6 is 0 Å². The molecule has 56 valence electrons. The Kier molecular flexibility index (Phi) is 2.70. The molecule has 1 unspecified atom stereocenters. The van der Waals surface area contributed by atoms with Gasteiger partial charge in [0.15, 0.2) is 0 Å². The van der Waals surface area contributed by atoms with E-state index in [1.165, 1.54) is 0 Å². The van der Waals surface area contributed by atoms with Crippen molar-refractivity contribution in [2.45, 2.75) is 19.5 Å².